The lowest BCUT2D eigenvalue weighted by Crippen LogP contribution is -2.35. The SMILES string of the molecule is CN(C)C(=O)c1nn(Cc2ccccc2)c2c1CC(NCc1ccc(Cl)s1)CC2. The lowest BCUT2D eigenvalue weighted by atomic mass is 9.91. The molecule has 2 heterocycles. The molecule has 0 aliphatic heterocycles. The van der Waals surface area contributed by atoms with Crippen LogP contribution in [0.2, 0.25) is 4.34 Å². The molecule has 1 N–H and O–H groups in total. The molecular formula is C22H25ClN4OS. The number of fused-ring (bicyclic) bond motifs is 1. The minimum Gasteiger partial charge on any atom is -0.343 e. The topological polar surface area (TPSA) is 50.2 Å². The van der Waals surface area contributed by atoms with Crippen molar-refractivity contribution in [3.8, 4) is 0 Å². The highest BCUT2D eigenvalue weighted by Crippen LogP contribution is 2.27. The molecule has 7 heteroatoms. The van der Waals surface area contributed by atoms with E-state index in [0.717, 1.165) is 35.7 Å². The molecule has 152 valence electrons. The van der Waals surface area contributed by atoms with Gasteiger partial charge in [0, 0.05) is 42.8 Å². The van der Waals surface area contributed by atoms with E-state index in [0.29, 0.717) is 18.3 Å². The molecule has 0 fully saturated rings. The van der Waals surface area contributed by atoms with Crippen LogP contribution in [0.25, 0.3) is 0 Å². The van der Waals surface area contributed by atoms with Gasteiger partial charge in [-0.05, 0) is 37.0 Å². The number of nitrogens with zero attached hydrogens (tertiary/aromatic N) is 3. The summed E-state index contributed by atoms with van der Waals surface area (Å²) in [4.78, 5) is 15.6. The monoisotopic (exact) mass is 428 g/mol. The lowest BCUT2D eigenvalue weighted by Gasteiger charge is -2.24. The average molecular weight is 429 g/mol. The number of nitrogens with one attached hydrogen (secondary N) is 1. The highest BCUT2D eigenvalue weighted by atomic mass is 35.5. The third-order valence-electron chi connectivity index (χ3n) is 5.32. The Kier molecular flexibility index (Phi) is 6.04. The first-order chi connectivity index (χ1) is 14.0. The first-order valence-electron chi connectivity index (χ1n) is 9.83. The largest absolute Gasteiger partial charge is 0.343 e. The number of halogens is 1. The Balaban J connectivity index is 1.56. The number of rotatable bonds is 6. The molecule has 1 aromatic carbocycles. The van der Waals surface area contributed by atoms with Crippen molar-refractivity contribution in [3.05, 3.63) is 74.2 Å². The Morgan fingerprint density at radius 3 is 2.76 bits per heavy atom. The first-order valence-corrected chi connectivity index (χ1v) is 11.0. The highest BCUT2D eigenvalue weighted by Gasteiger charge is 2.29. The van der Waals surface area contributed by atoms with Crippen LogP contribution >= 0.6 is 22.9 Å². The van der Waals surface area contributed by atoms with Crippen LogP contribution in [-0.4, -0.2) is 40.7 Å². The third-order valence-corrected chi connectivity index (χ3v) is 6.56. The third kappa shape index (κ3) is 4.55. The second-order valence-electron chi connectivity index (χ2n) is 7.64. The number of aromatic nitrogens is 2. The Bertz CT molecular complexity index is 996. The Morgan fingerprint density at radius 2 is 2.07 bits per heavy atom. The van der Waals surface area contributed by atoms with Crippen LogP contribution in [-0.2, 0) is 25.9 Å². The second-order valence-corrected chi connectivity index (χ2v) is 9.44. The van der Waals surface area contributed by atoms with Crippen molar-refractivity contribution in [2.75, 3.05) is 14.1 Å². The zero-order chi connectivity index (χ0) is 20.4. The van der Waals surface area contributed by atoms with Crippen LogP contribution in [0.1, 0.15) is 38.6 Å². The molecular weight excluding hydrogens is 404 g/mol. The summed E-state index contributed by atoms with van der Waals surface area (Å²) in [5.74, 6) is -0.0289. The molecule has 1 atom stereocenters. The maximum atomic E-state index is 12.8. The van der Waals surface area contributed by atoms with E-state index in [-0.39, 0.29) is 5.91 Å². The maximum Gasteiger partial charge on any atom is 0.274 e. The Labute approximate surface area is 180 Å². The normalized spacial score (nSPS) is 15.9. The fraction of sp³-hybridized carbons (Fsp3) is 0.364. The van der Waals surface area contributed by atoms with E-state index in [1.165, 1.54) is 16.1 Å². The van der Waals surface area contributed by atoms with Gasteiger partial charge in [0.2, 0.25) is 0 Å². The first kappa shape index (κ1) is 20.1. The van der Waals surface area contributed by atoms with E-state index in [4.69, 9.17) is 16.7 Å². The molecule has 29 heavy (non-hydrogen) atoms. The van der Waals surface area contributed by atoms with Crippen LogP contribution in [0.15, 0.2) is 42.5 Å². The number of carbonyl (C=O) groups excluding carboxylic acids is 1. The van der Waals surface area contributed by atoms with Crippen molar-refractivity contribution >= 4 is 28.8 Å². The highest BCUT2D eigenvalue weighted by molar-refractivity contribution is 7.16. The van der Waals surface area contributed by atoms with Crippen LogP contribution < -0.4 is 5.32 Å². The molecule has 4 rings (SSSR count). The Morgan fingerprint density at radius 1 is 1.28 bits per heavy atom. The number of benzene rings is 1. The minimum absolute atomic E-state index is 0.0289. The average Bonchev–Trinajstić information content (AvgIpc) is 3.30. The lowest BCUT2D eigenvalue weighted by molar-refractivity contribution is 0.0820. The molecule has 5 nitrogen and oxygen atoms in total. The summed E-state index contributed by atoms with van der Waals surface area (Å²) in [5.41, 5.74) is 4.06. The quantitative estimate of drug-likeness (QED) is 0.645. The van der Waals surface area contributed by atoms with Gasteiger partial charge in [-0.2, -0.15) is 5.10 Å². The van der Waals surface area contributed by atoms with Crippen LogP contribution in [0.5, 0.6) is 0 Å². The van der Waals surface area contributed by atoms with Crippen molar-refractivity contribution in [3.63, 3.8) is 0 Å². The number of hydrogen-bond acceptors (Lipinski definition) is 4. The van der Waals surface area contributed by atoms with Crippen LogP contribution in [0.3, 0.4) is 0 Å². The van der Waals surface area contributed by atoms with E-state index >= 15 is 0 Å². The minimum atomic E-state index is -0.0289. The fourth-order valence-corrected chi connectivity index (χ4v) is 4.86. The van der Waals surface area contributed by atoms with Crippen LogP contribution in [0.4, 0.5) is 0 Å². The van der Waals surface area contributed by atoms with Crippen molar-refractivity contribution in [2.45, 2.75) is 38.4 Å². The molecule has 2 aromatic heterocycles. The van der Waals surface area contributed by atoms with E-state index < -0.39 is 0 Å². The predicted molar refractivity (Wildman–Crippen MR) is 118 cm³/mol. The number of hydrogen-bond donors (Lipinski definition) is 1. The molecule has 0 saturated carbocycles. The second kappa shape index (κ2) is 8.69. The summed E-state index contributed by atoms with van der Waals surface area (Å²) >= 11 is 7.65. The zero-order valence-corrected chi connectivity index (χ0v) is 18.3. The van der Waals surface area contributed by atoms with Gasteiger partial charge < -0.3 is 10.2 Å². The zero-order valence-electron chi connectivity index (χ0n) is 16.7. The van der Waals surface area contributed by atoms with Crippen LogP contribution in [0, 0.1) is 0 Å². The smallest absolute Gasteiger partial charge is 0.274 e. The number of amides is 1. The maximum absolute atomic E-state index is 12.8. The molecule has 1 aliphatic rings. The summed E-state index contributed by atoms with van der Waals surface area (Å²) < 4.78 is 2.84. The molecule has 1 amide bonds. The van der Waals surface area contributed by atoms with E-state index in [1.54, 1.807) is 30.3 Å². The van der Waals surface area contributed by atoms with Gasteiger partial charge in [0.1, 0.15) is 0 Å². The van der Waals surface area contributed by atoms with Gasteiger partial charge in [0.15, 0.2) is 5.69 Å². The predicted octanol–water partition coefficient (Wildman–Crippen LogP) is 4.00. The van der Waals surface area contributed by atoms with Crippen molar-refractivity contribution in [1.82, 2.24) is 20.0 Å². The summed E-state index contributed by atoms with van der Waals surface area (Å²) in [6.07, 6.45) is 2.76. The van der Waals surface area contributed by atoms with E-state index in [1.807, 2.05) is 28.9 Å². The van der Waals surface area contributed by atoms with Gasteiger partial charge in [0.25, 0.3) is 5.91 Å². The van der Waals surface area contributed by atoms with E-state index in [9.17, 15) is 4.79 Å². The fourth-order valence-electron chi connectivity index (χ4n) is 3.82. The van der Waals surface area contributed by atoms with Gasteiger partial charge in [-0.3, -0.25) is 9.48 Å². The van der Waals surface area contributed by atoms with Gasteiger partial charge in [-0.25, -0.2) is 0 Å². The van der Waals surface area contributed by atoms with Crippen molar-refractivity contribution in [2.24, 2.45) is 0 Å². The van der Waals surface area contributed by atoms with Crippen molar-refractivity contribution in [1.29, 1.82) is 0 Å². The van der Waals surface area contributed by atoms with Gasteiger partial charge >= 0.3 is 0 Å². The summed E-state index contributed by atoms with van der Waals surface area (Å²) in [6.45, 7) is 1.49. The summed E-state index contributed by atoms with van der Waals surface area (Å²) in [6, 6.07) is 14.6. The van der Waals surface area contributed by atoms with Gasteiger partial charge in [-0.15, -0.1) is 11.3 Å². The molecule has 0 spiro atoms. The molecule has 0 saturated heterocycles. The molecule has 3 aromatic rings. The number of carbonyl (C=O) groups is 1. The standard InChI is InChI=1S/C22H25ClN4OS/c1-26(2)22(28)21-18-12-16(24-13-17-9-11-20(23)29-17)8-10-19(18)27(25-21)14-15-6-4-3-5-7-15/h3-7,9,11,16,24H,8,10,12-14H2,1-2H3. The van der Waals surface area contributed by atoms with E-state index in [2.05, 4.69) is 23.5 Å². The van der Waals surface area contributed by atoms with Crippen molar-refractivity contribution < 1.29 is 4.79 Å². The molecule has 1 unspecified atom stereocenters. The van der Waals surface area contributed by atoms with Gasteiger partial charge in [-0.1, -0.05) is 41.9 Å². The summed E-state index contributed by atoms with van der Waals surface area (Å²) in [7, 11) is 3.56. The molecule has 0 bridgehead atoms. The molecule has 1 aliphatic carbocycles. The Hall–Kier alpha value is -2.15. The molecule has 0 radical (unpaired) electrons. The van der Waals surface area contributed by atoms with Gasteiger partial charge in [0.05, 0.1) is 10.9 Å². The summed E-state index contributed by atoms with van der Waals surface area (Å²) in [5, 5.41) is 8.38. The number of thiophene rings is 1.